The molecular weight excluding hydrogens is 208 g/mol. The van der Waals surface area contributed by atoms with Gasteiger partial charge in [-0.1, -0.05) is 32.6 Å². The van der Waals surface area contributed by atoms with Gasteiger partial charge in [0, 0.05) is 6.04 Å². The molecule has 17 heavy (non-hydrogen) atoms. The van der Waals surface area contributed by atoms with Crippen molar-refractivity contribution in [2.45, 2.75) is 57.9 Å². The third-order valence-corrected chi connectivity index (χ3v) is 4.98. The Morgan fingerprint density at radius 3 is 2.24 bits per heavy atom. The molecule has 0 atom stereocenters. The van der Waals surface area contributed by atoms with Gasteiger partial charge in [0.15, 0.2) is 0 Å². The molecule has 2 nitrogen and oxygen atoms in total. The number of nitrogens with one attached hydrogen (secondary N) is 1. The Kier molecular flexibility index (Phi) is 5.30. The quantitative estimate of drug-likeness (QED) is 0.810. The lowest BCUT2D eigenvalue weighted by atomic mass is 9.81. The predicted molar refractivity (Wildman–Crippen MR) is 74.3 cm³/mol. The summed E-state index contributed by atoms with van der Waals surface area (Å²) in [5.41, 5.74) is 0. The van der Waals surface area contributed by atoms with Crippen molar-refractivity contribution in [3.8, 4) is 0 Å². The maximum absolute atomic E-state index is 3.41. The highest BCUT2D eigenvalue weighted by atomic mass is 15.1. The Labute approximate surface area is 107 Å². The van der Waals surface area contributed by atoms with E-state index in [1.807, 2.05) is 0 Å². The lowest BCUT2D eigenvalue weighted by molar-refractivity contribution is 0.175. The van der Waals surface area contributed by atoms with Gasteiger partial charge in [-0.3, -0.25) is 0 Å². The summed E-state index contributed by atoms with van der Waals surface area (Å²) in [4.78, 5) is 2.69. The van der Waals surface area contributed by atoms with Gasteiger partial charge in [0.1, 0.15) is 0 Å². The van der Waals surface area contributed by atoms with Gasteiger partial charge in [0.05, 0.1) is 0 Å². The van der Waals surface area contributed by atoms with Gasteiger partial charge >= 0.3 is 0 Å². The lowest BCUT2D eigenvalue weighted by Gasteiger charge is -2.33. The molecule has 100 valence electrons. The van der Waals surface area contributed by atoms with Gasteiger partial charge in [-0.2, -0.15) is 0 Å². The number of rotatable bonds is 4. The average Bonchev–Trinajstić information content (AvgIpc) is 2.39. The largest absolute Gasteiger partial charge is 0.317 e. The molecule has 2 aliphatic rings. The summed E-state index contributed by atoms with van der Waals surface area (Å²) in [5.74, 6) is 2.03. The van der Waals surface area contributed by atoms with Crippen LogP contribution < -0.4 is 5.32 Å². The molecule has 0 unspecified atom stereocenters. The van der Waals surface area contributed by atoms with Crippen molar-refractivity contribution < 1.29 is 0 Å². The van der Waals surface area contributed by atoms with E-state index in [1.54, 1.807) is 0 Å². The van der Waals surface area contributed by atoms with Gasteiger partial charge in [0.2, 0.25) is 0 Å². The summed E-state index contributed by atoms with van der Waals surface area (Å²) < 4.78 is 0. The Hall–Kier alpha value is -0.0800. The number of piperidine rings is 1. The fourth-order valence-corrected chi connectivity index (χ4v) is 3.43. The molecule has 1 aliphatic heterocycles. The minimum absolute atomic E-state index is 0.779. The Morgan fingerprint density at radius 2 is 1.65 bits per heavy atom. The molecule has 2 rings (SSSR count). The summed E-state index contributed by atoms with van der Waals surface area (Å²) in [6, 6.07) is 0.779. The molecule has 0 amide bonds. The molecule has 2 heteroatoms. The molecular formula is C15H30N2. The van der Waals surface area contributed by atoms with Crippen LogP contribution >= 0.6 is 0 Å². The first-order chi connectivity index (χ1) is 8.28. The van der Waals surface area contributed by atoms with Gasteiger partial charge < -0.3 is 10.2 Å². The van der Waals surface area contributed by atoms with E-state index in [9.17, 15) is 0 Å². The SMILES string of the molecule is CNC1CCN(CCC2CCC(C)CC2)CC1. The second-order valence-corrected chi connectivity index (χ2v) is 6.32. The van der Waals surface area contributed by atoms with E-state index in [0.717, 1.165) is 17.9 Å². The van der Waals surface area contributed by atoms with Crippen molar-refractivity contribution in [2.75, 3.05) is 26.7 Å². The molecule has 2 fully saturated rings. The smallest absolute Gasteiger partial charge is 0.00884 e. The first-order valence-corrected chi connectivity index (χ1v) is 7.67. The van der Waals surface area contributed by atoms with E-state index >= 15 is 0 Å². The molecule has 0 radical (unpaired) electrons. The molecule has 0 aromatic heterocycles. The topological polar surface area (TPSA) is 15.3 Å². The van der Waals surface area contributed by atoms with Crippen molar-refractivity contribution in [3.05, 3.63) is 0 Å². The van der Waals surface area contributed by atoms with Crippen LogP contribution in [0.25, 0.3) is 0 Å². The highest BCUT2D eigenvalue weighted by Gasteiger charge is 2.21. The maximum atomic E-state index is 3.41. The first kappa shape index (κ1) is 13.4. The zero-order chi connectivity index (χ0) is 12.1. The lowest BCUT2D eigenvalue weighted by Crippen LogP contribution is -2.41. The van der Waals surface area contributed by atoms with Gasteiger partial charge in [0.25, 0.3) is 0 Å². The highest BCUT2D eigenvalue weighted by molar-refractivity contribution is 4.77. The van der Waals surface area contributed by atoms with Crippen LogP contribution in [0.4, 0.5) is 0 Å². The summed E-state index contributed by atoms with van der Waals surface area (Å²) >= 11 is 0. The molecule has 0 aromatic carbocycles. The van der Waals surface area contributed by atoms with Crippen LogP contribution in [0.3, 0.4) is 0 Å². The second-order valence-electron chi connectivity index (χ2n) is 6.32. The number of hydrogen-bond donors (Lipinski definition) is 1. The van der Waals surface area contributed by atoms with E-state index in [4.69, 9.17) is 0 Å². The van der Waals surface area contributed by atoms with Gasteiger partial charge in [-0.05, 0) is 57.8 Å². The standard InChI is InChI=1S/C15H30N2/c1-13-3-5-14(6-4-13)7-10-17-11-8-15(16-2)9-12-17/h13-16H,3-12H2,1-2H3. The fraction of sp³-hybridized carbons (Fsp3) is 1.00. The monoisotopic (exact) mass is 238 g/mol. The van der Waals surface area contributed by atoms with Crippen molar-refractivity contribution >= 4 is 0 Å². The van der Waals surface area contributed by atoms with Crippen molar-refractivity contribution in [2.24, 2.45) is 11.8 Å². The number of hydrogen-bond acceptors (Lipinski definition) is 2. The number of nitrogens with zero attached hydrogens (tertiary/aromatic N) is 1. The second kappa shape index (κ2) is 6.75. The minimum Gasteiger partial charge on any atom is -0.317 e. The molecule has 0 bridgehead atoms. The van der Waals surface area contributed by atoms with E-state index in [1.165, 1.54) is 64.6 Å². The van der Waals surface area contributed by atoms with E-state index in [-0.39, 0.29) is 0 Å². The van der Waals surface area contributed by atoms with E-state index in [2.05, 4.69) is 24.2 Å². The van der Waals surface area contributed by atoms with Crippen LogP contribution in [0.15, 0.2) is 0 Å². The van der Waals surface area contributed by atoms with Gasteiger partial charge in [-0.15, -0.1) is 0 Å². The van der Waals surface area contributed by atoms with Crippen LogP contribution in [0.2, 0.25) is 0 Å². The molecule has 0 spiro atoms. The van der Waals surface area contributed by atoms with Crippen molar-refractivity contribution in [3.63, 3.8) is 0 Å². The first-order valence-electron chi connectivity index (χ1n) is 7.67. The van der Waals surface area contributed by atoms with E-state index < -0.39 is 0 Å². The Balaban J connectivity index is 1.59. The minimum atomic E-state index is 0.779. The molecule has 1 heterocycles. The van der Waals surface area contributed by atoms with Crippen LogP contribution in [0.1, 0.15) is 51.9 Å². The maximum Gasteiger partial charge on any atom is 0.00884 e. The number of likely N-dealkylation sites (tertiary alicyclic amines) is 1. The zero-order valence-corrected chi connectivity index (χ0v) is 11.8. The summed E-state index contributed by atoms with van der Waals surface area (Å²) in [6.07, 6.45) is 10.1. The van der Waals surface area contributed by atoms with Crippen LogP contribution in [0, 0.1) is 11.8 Å². The Morgan fingerprint density at radius 1 is 1.00 bits per heavy atom. The normalized spacial score (nSPS) is 32.8. The van der Waals surface area contributed by atoms with Crippen LogP contribution in [-0.2, 0) is 0 Å². The van der Waals surface area contributed by atoms with Crippen molar-refractivity contribution in [1.82, 2.24) is 10.2 Å². The molecule has 1 aliphatic carbocycles. The predicted octanol–water partition coefficient (Wildman–Crippen LogP) is 2.89. The van der Waals surface area contributed by atoms with E-state index in [0.29, 0.717) is 0 Å². The highest BCUT2D eigenvalue weighted by Crippen LogP contribution is 2.30. The van der Waals surface area contributed by atoms with Crippen LogP contribution in [-0.4, -0.2) is 37.6 Å². The third kappa shape index (κ3) is 4.26. The summed E-state index contributed by atoms with van der Waals surface area (Å²) in [5, 5.41) is 3.41. The summed E-state index contributed by atoms with van der Waals surface area (Å²) in [7, 11) is 2.10. The molecule has 1 saturated carbocycles. The third-order valence-electron chi connectivity index (χ3n) is 4.98. The van der Waals surface area contributed by atoms with Crippen LogP contribution in [0.5, 0.6) is 0 Å². The Bertz CT molecular complexity index is 201. The molecule has 1 N–H and O–H groups in total. The van der Waals surface area contributed by atoms with Crippen molar-refractivity contribution in [1.29, 1.82) is 0 Å². The summed E-state index contributed by atoms with van der Waals surface area (Å²) in [6.45, 7) is 6.40. The van der Waals surface area contributed by atoms with Gasteiger partial charge in [-0.25, -0.2) is 0 Å². The molecule has 1 saturated heterocycles. The average molecular weight is 238 g/mol. The fourth-order valence-electron chi connectivity index (χ4n) is 3.43. The zero-order valence-electron chi connectivity index (χ0n) is 11.8. The molecule has 0 aromatic rings.